The number of carbonyl (C=O) groups excluding carboxylic acids is 1. The van der Waals surface area contributed by atoms with Crippen LogP contribution in [0.1, 0.15) is 42.0 Å². The number of fused-ring (bicyclic) bond motifs is 5. The maximum absolute atomic E-state index is 13.5. The molecule has 5 rings (SSSR count). The Morgan fingerprint density at radius 1 is 1.19 bits per heavy atom. The summed E-state index contributed by atoms with van der Waals surface area (Å²) in [6.45, 7) is 1.90. The van der Waals surface area contributed by atoms with Crippen LogP contribution in [0, 0.1) is 0 Å². The molecule has 36 heavy (non-hydrogen) atoms. The third-order valence-corrected chi connectivity index (χ3v) is 14.5. The molecule has 2 aromatic heterocycles. The van der Waals surface area contributed by atoms with Crippen molar-refractivity contribution in [2.45, 2.75) is 67.0 Å². The number of carboxylic acid groups (broad SMARTS) is 1. The van der Waals surface area contributed by atoms with E-state index in [-0.39, 0.29) is 25.0 Å². The predicted molar refractivity (Wildman–Crippen MR) is 138 cm³/mol. The summed E-state index contributed by atoms with van der Waals surface area (Å²) in [7, 11) is 0. The van der Waals surface area contributed by atoms with Crippen molar-refractivity contribution in [1.29, 1.82) is 0 Å². The van der Waals surface area contributed by atoms with Crippen molar-refractivity contribution in [3.05, 3.63) is 62.9 Å². The van der Waals surface area contributed by atoms with E-state index in [4.69, 9.17) is 14.8 Å². The van der Waals surface area contributed by atoms with Crippen LogP contribution in [0.5, 0.6) is 0 Å². The van der Waals surface area contributed by atoms with Gasteiger partial charge in [0.25, 0.3) is 0 Å². The molecular weight excluding hydrogens is 521 g/mol. The van der Waals surface area contributed by atoms with Crippen molar-refractivity contribution >= 4 is 36.1 Å². The minimum atomic E-state index is -2.33. The first-order valence-electron chi connectivity index (χ1n) is 12.3. The molecule has 1 atom stereocenters. The number of esters is 1. The molecule has 0 amide bonds. The molecule has 0 saturated heterocycles. The van der Waals surface area contributed by atoms with Gasteiger partial charge in [0.2, 0.25) is 0 Å². The van der Waals surface area contributed by atoms with Gasteiger partial charge < -0.3 is 0 Å². The molecule has 9 heteroatoms. The van der Waals surface area contributed by atoms with Crippen LogP contribution in [0.4, 0.5) is 0 Å². The van der Waals surface area contributed by atoms with Crippen LogP contribution in [0.2, 0.25) is 22.0 Å². The number of benzene rings is 1. The van der Waals surface area contributed by atoms with E-state index in [0.717, 1.165) is 39.0 Å². The summed E-state index contributed by atoms with van der Waals surface area (Å²) in [5.74, 6) is 3.05. The van der Waals surface area contributed by atoms with E-state index in [1.807, 2.05) is 24.3 Å². The number of carboxylic acids is 1. The van der Waals surface area contributed by atoms with Crippen molar-refractivity contribution in [2.75, 3.05) is 0 Å². The Hall–Kier alpha value is -2.98. The Morgan fingerprint density at radius 3 is 2.67 bits per heavy atom. The predicted octanol–water partition coefficient (Wildman–Crippen LogP) is 3.81. The molecule has 0 radical (unpaired) electrons. The standard InChI is InChI=1S/C27H30GeN2O6/c1-4-27(35)20-13-22-24-18(14-30(22)25(33)19(20)15-36-26(27)34)16(17-7-5-6-8-21(17)29-24)9-11-28(2,3)12-10-23(31)32/h5-8,13,35H,4,9-12,14-15H2,1-3H3,(H,31,32)/t27-/m0/s1. The molecule has 2 aliphatic heterocycles. The van der Waals surface area contributed by atoms with Crippen molar-refractivity contribution in [2.24, 2.45) is 0 Å². The fraction of sp³-hybridized carbons (Fsp3) is 0.407. The first-order chi connectivity index (χ1) is 17.1. The second kappa shape index (κ2) is 8.85. The number of aliphatic carboxylic acids is 1. The number of hydrogen-bond acceptors (Lipinski definition) is 6. The molecule has 4 heterocycles. The molecule has 188 valence electrons. The van der Waals surface area contributed by atoms with Gasteiger partial charge in [0.05, 0.1) is 0 Å². The molecule has 0 unspecified atom stereocenters. The Morgan fingerprint density at radius 2 is 1.94 bits per heavy atom. The maximum atomic E-state index is 13.5. The number of aryl methyl sites for hydroxylation is 1. The van der Waals surface area contributed by atoms with Crippen LogP contribution >= 0.6 is 0 Å². The number of carbonyl (C=O) groups is 2. The van der Waals surface area contributed by atoms with Gasteiger partial charge in [0, 0.05) is 0 Å². The first-order valence-corrected chi connectivity index (χ1v) is 19.5. The number of para-hydroxylation sites is 1. The molecule has 0 bridgehead atoms. The normalized spacial score (nSPS) is 18.5. The average Bonchev–Trinajstić information content (AvgIpc) is 3.22. The van der Waals surface area contributed by atoms with Crippen molar-refractivity contribution in [3.8, 4) is 11.4 Å². The number of ether oxygens (including phenoxy) is 1. The van der Waals surface area contributed by atoms with Gasteiger partial charge in [-0.3, -0.25) is 0 Å². The molecule has 0 spiro atoms. The van der Waals surface area contributed by atoms with Gasteiger partial charge in [-0.05, 0) is 0 Å². The van der Waals surface area contributed by atoms with Gasteiger partial charge in [-0.1, -0.05) is 0 Å². The summed E-state index contributed by atoms with van der Waals surface area (Å²) in [5.41, 5.74) is 2.76. The number of nitrogens with zero attached hydrogens (tertiary/aromatic N) is 2. The fourth-order valence-electron chi connectivity index (χ4n) is 5.43. The Kier molecular flexibility index (Phi) is 6.07. The van der Waals surface area contributed by atoms with E-state index in [1.165, 1.54) is 0 Å². The molecular formula is C27H30GeN2O6. The average molecular weight is 551 g/mol. The van der Waals surface area contributed by atoms with E-state index in [9.17, 15) is 19.5 Å². The van der Waals surface area contributed by atoms with Gasteiger partial charge in [-0.2, -0.15) is 0 Å². The SMILES string of the molecule is CC[C@@]1(O)C(=O)OCc2c1cc1n(c2=O)Cc2c-1nc1ccccc1c2C[CH2][Ge]([CH3])([CH3])[CH2]CC(=O)O. The second-order valence-electron chi connectivity index (χ2n) is 10.6. The van der Waals surface area contributed by atoms with Gasteiger partial charge in [0.1, 0.15) is 0 Å². The summed E-state index contributed by atoms with van der Waals surface area (Å²) < 4.78 is 6.85. The zero-order valence-electron chi connectivity index (χ0n) is 20.8. The Bertz CT molecular complexity index is 1480. The molecule has 2 N–H and O–H groups in total. The van der Waals surface area contributed by atoms with E-state index >= 15 is 0 Å². The molecule has 2 aliphatic rings. The summed E-state index contributed by atoms with van der Waals surface area (Å²) in [4.78, 5) is 42.1. The fourth-order valence-corrected chi connectivity index (χ4v) is 9.77. The number of rotatable bonds is 7. The summed E-state index contributed by atoms with van der Waals surface area (Å²) >= 11 is -2.33. The Labute approximate surface area is 211 Å². The molecule has 8 nitrogen and oxygen atoms in total. The summed E-state index contributed by atoms with van der Waals surface area (Å²) in [5, 5.41) is 23.0. The molecule has 0 fully saturated rings. The first kappa shape index (κ1) is 24.7. The number of hydrogen-bond donors (Lipinski definition) is 2. The Balaban J connectivity index is 1.64. The quantitative estimate of drug-likeness (QED) is 0.265. The van der Waals surface area contributed by atoms with Crippen molar-refractivity contribution < 1.29 is 24.5 Å². The van der Waals surface area contributed by atoms with Gasteiger partial charge >= 0.3 is 211 Å². The van der Waals surface area contributed by atoms with E-state index in [1.54, 1.807) is 17.6 Å². The third-order valence-electron chi connectivity index (χ3n) is 7.78. The van der Waals surface area contributed by atoms with Crippen molar-refractivity contribution in [1.82, 2.24) is 9.55 Å². The monoisotopic (exact) mass is 552 g/mol. The van der Waals surface area contributed by atoms with E-state index in [0.29, 0.717) is 29.1 Å². The van der Waals surface area contributed by atoms with Crippen LogP contribution in [0.3, 0.4) is 0 Å². The topological polar surface area (TPSA) is 119 Å². The van der Waals surface area contributed by atoms with Crippen LogP contribution in [-0.4, -0.2) is 45.0 Å². The van der Waals surface area contributed by atoms with Crippen LogP contribution in [-0.2, 0) is 39.5 Å². The number of pyridine rings is 2. The van der Waals surface area contributed by atoms with Crippen LogP contribution in [0.25, 0.3) is 22.3 Å². The second-order valence-corrected chi connectivity index (χ2v) is 21.8. The van der Waals surface area contributed by atoms with E-state index in [2.05, 4.69) is 11.5 Å². The van der Waals surface area contributed by atoms with Gasteiger partial charge in [-0.15, -0.1) is 0 Å². The molecule has 1 aromatic carbocycles. The van der Waals surface area contributed by atoms with E-state index < -0.39 is 30.8 Å². The zero-order chi connectivity index (χ0) is 25.8. The van der Waals surface area contributed by atoms with Crippen molar-refractivity contribution in [3.63, 3.8) is 0 Å². The van der Waals surface area contributed by atoms with Gasteiger partial charge in [-0.25, -0.2) is 0 Å². The zero-order valence-corrected chi connectivity index (χ0v) is 22.9. The number of aliphatic hydroxyl groups is 1. The number of aromatic nitrogens is 2. The third kappa shape index (κ3) is 3.96. The molecule has 0 aliphatic carbocycles. The summed E-state index contributed by atoms with van der Waals surface area (Å²) in [6.07, 6.45) is 1.10. The van der Waals surface area contributed by atoms with Crippen LogP contribution in [0.15, 0.2) is 35.1 Å². The summed E-state index contributed by atoms with van der Waals surface area (Å²) in [6, 6.07) is 9.66. The van der Waals surface area contributed by atoms with Crippen LogP contribution < -0.4 is 5.56 Å². The molecule has 0 saturated carbocycles. The van der Waals surface area contributed by atoms with Gasteiger partial charge in [0.15, 0.2) is 0 Å². The number of cyclic esters (lactones) is 1. The molecule has 3 aromatic rings. The minimum absolute atomic E-state index is 0.0999.